The van der Waals surface area contributed by atoms with Crippen molar-refractivity contribution in [3.8, 4) is 16.9 Å². The van der Waals surface area contributed by atoms with Gasteiger partial charge in [0.1, 0.15) is 12.4 Å². The van der Waals surface area contributed by atoms with E-state index in [0.29, 0.717) is 12.2 Å². The van der Waals surface area contributed by atoms with Crippen LogP contribution in [0.4, 0.5) is 0 Å². The number of carboxylic acid groups (broad SMARTS) is 1. The minimum absolute atomic E-state index is 0.235. The molecule has 0 aliphatic heterocycles. The quantitative estimate of drug-likeness (QED) is 0.609. The Morgan fingerprint density at radius 2 is 1.68 bits per heavy atom. The number of rotatable bonds is 6. The summed E-state index contributed by atoms with van der Waals surface area (Å²) in [6, 6.07) is 17.7. The van der Waals surface area contributed by atoms with E-state index in [1.807, 2.05) is 54.6 Å². The molecule has 0 radical (unpaired) electrons. The molecule has 0 aliphatic carbocycles. The molecule has 0 unspecified atom stereocenters. The van der Waals surface area contributed by atoms with Gasteiger partial charge in [-0.3, -0.25) is 9.59 Å². The van der Waals surface area contributed by atoms with Crippen molar-refractivity contribution in [3.63, 3.8) is 0 Å². The molecular weight excluding hydrogens is 358 g/mol. The summed E-state index contributed by atoms with van der Waals surface area (Å²) in [5.41, 5.74) is 3.06. The summed E-state index contributed by atoms with van der Waals surface area (Å²) in [5.74, 6) is -1.94. The number of nitrogens with zero attached hydrogens (tertiary/aromatic N) is 2. The molecule has 7 nitrogen and oxygen atoms in total. The number of amides is 1. The van der Waals surface area contributed by atoms with Crippen LogP contribution in [-0.2, 0) is 11.2 Å². The van der Waals surface area contributed by atoms with E-state index in [0.717, 1.165) is 16.7 Å². The average molecular weight is 377 g/mol. The van der Waals surface area contributed by atoms with Gasteiger partial charge in [0, 0.05) is 6.42 Å². The summed E-state index contributed by atoms with van der Waals surface area (Å²) in [7, 11) is 0. The summed E-state index contributed by atoms with van der Waals surface area (Å²) in [6.07, 6.45) is 0.353. The number of benzene rings is 2. The monoisotopic (exact) mass is 377 g/mol. The molecule has 1 amide bonds. The van der Waals surface area contributed by atoms with Gasteiger partial charge in [-0.1, -0.05) is 54.6 Å². The second kappa shape index (κ2) is 8.30. The van der Waals surface area contributed by atoms with Crippen LogP contribution < -0.4 is 5.32 Å². The van der Waals surface area contributed by atoms with Crippen LogP contribution in [0.2, 0.25) is 0 Å². The standard InChI is InChI=1S/C21H19N3O4/c1-13-20(27)19(21(28)22-12-18(25)26)24-17(23-13)11-15-9-5-6-10-16(15)14-7-3-2-4-8-14/h2-10,27H,11-12H2,1H3,(H,22,28)(H,25,26). The first-order valence-corrected chi connectivity index (χ1v) is 8.65. The second-order valence-electron chi connectivity index (χ2n) is 6.20. The zero-order chi connectivity index (χ0) is 20.1. The minimum atomic E-state index is -1.18. The topological polar surface area (TPSA) is 112 Å². The zero-order valence-corrected chi connectivity index (χ0v) is 15.2. The Bertz CT molecular complexity index is 1020. The number of nitrogens with one attached hydrogen (secondary N) is 1. The number of hydrogen-bond acceptors (Lipinski definition) is 5. The van der Waals surface area contributed by atoms with Crippen molar-refractivity contribution in [3.05, 3.63) is 77.4 Å². The van der Waals surface area contributed by atoms with Gasteiger partial charge in [0.2, 0.25) is 0 Å². The maximum Gasteiger partial charge on any atom is 0.322 e. The van der Waals surface area contributed by atoms with Gasteiger partial charge >= 0.3 is 5.97 Å². The van der Waals surface area contributed by atoms with Crippen molar-refractivity contribution in [1.82, 2.24) is 15.3 Å². The Balaban J connectivity index is 1.94. The van der Waals surface area contributed by atoms with Crippen LogP contribution >= 0.6 is 0 Å². The normalized spacial score (nSPS) is 10.5. The molecule has 0 aliphatic rings. The molecule has 3 N–H and O–H groups in total. The highest BCUT2D eigenvalue weighted by Crippen LogP contribution is 2.26. The Morgan fingerprint density at radius 1 is 1.00 bits per heavy atom. The van der Waals surface area contributed by atoms with Gasteiger partial charge in [0.25, 0.3) is 5.91 Å². The van der Waals surface area contributed by atoms with E-state index < -0.39 is 18.4 Å². The van der Waals surface area contributed by atoms with Gasteiger partial charge in [-0.25, -0.2) is 9.97 Å². The fraction of sp³-hybridized carbons (Fsp3) is 0.143. The number of aliphatic carboxylic acids is 1. The predicted octanol–water partition coefficient (Wildman–Crippen LogP) is 2.56. The van der Waals surface area contributed by atoms with Crippen molar-refractivity contribution in [1.29, 1.82) is 0 Å². The maximum absolute atomic E-state index is 12.2. The van der Waals surface area contributed by atoms with E-state index >= 15 is 0 Å². The lowest BCUT2D eigenvalue weighted by Crippen LogP contribution is -2.30. The summed E-state index contributed by atoms with van der Waals surface area (Å²) in [6.45, 7) is 1.01. The Hall–Kier alpha value is -3.74. The van der Waals surface area contributed by atoms with Crippen molar-refractivity contribution in [2.75, 3.05) is 6.54 Å². The van der Waals surface area contributed by atoms with Crippen LogP contribution in [0.3, 0.4) is 0 Å². The lowest BCUT2D eigenvalue weighted by molar-refractivity contribution is -0.135. The summed E-state index contributed by atoms with van der Waals surface area (Å²) in [4.78, 5) is 31.3. The van der Waals surface area contributed by atoms with Gasteiger partial charge in [-0.05, 0) is 23.6 Å². The average Bonchev–Trinajstić information content (AvgIpc) is 2.70. The molecule has 0 atom stereocenters. The van der Waals surface area contributed by atoms with Gasteiger partial charge in [-0.15, -0.1) is 0 Å². The molecule has 0 bridgehead atoms. The van der Waals surface area contributed by atoms with E-state index in [1.54, 1.807) is 6.92 Å². The van der Waals surface area contributed by atoms with Gasteiger partial charge in [-0.2, -0.15) is 0 Å². The first-order chi connectivity index (χ1) is 13.5. The largest absolute Gasteiger partial charge is 0.504 e. The van der Waals surface area contributed by atoms with Crippen LogP contribution in [0.15, 0.2) is 54.6 Å². The first kappa shape index (κ1) is 19.0. The summed E-state index contributed by atoms with van der Waals surface area (Å²) < 4.78 is 0. The Morgan fingerprint density at radius 3 is 2.39 bits per heavy atom. The highest BCUT2D eigenvalue weighted by molar-refractivity contribution is 5.96. The van der Waals surface area contributed by atoms with Crippen molar-refractivity contribution >= 4 is 11.9 Å². The van der Waals surface area contributed by atoms with Gasteiger partial charge < -0.3 is 15.5 Å². The molecule has 0 saturated heterocycles. The van der Waals surface area contributed by atoms with Crippen LogP contribution in [-0.4, -0.2) is 38.6 Å². The number of carbonyl (C=O) groups is 2. The molecule has 28 heavy (non-hydrogen) atoms. The molecule has 3 rings (SSSR count). The molecule has 3 aromatic rings. The zero-order valence-electron chi connectivity index (χ0n) is 15.2. The van der Waals surface area contributed by atoms with Crippen molar-refractivity contribution in [2.24, 2.45) is 0 Å². The molecule has 1 heterocycles. The molecule has 2 aromatic carbocycles. The first-order valence-electron chi connectivity index (χ1n) is 8.65. The minimum Gasteiger partial charge on any atom is -0.504 e. The third-order valence-corrected chi connectivity index (χ3v) is 4.17. The third-order valence-electron chi connectivity index (χ3n) is 4.17. The fourth-order valence-electron chi connectivity index (χ4n) is 2.85. The Kier molecular flexibility index (Phi) is 5.64. The van der Waals surface area contributed by atoms with Crippen molar-refractivity contribution in [2.45, 2.75) is 13.3 Å². The predicted molar refractivity (Wildman–Crippen MR) is 103 cm³/mol. The SMILES string of the molecule is Cc1nc(Cc2ccccc2-c2ccccc2)nc(C(=O)NCC(=O)O)c1O. The highest BCUT2D eigenvalue weighted by Gasteiger charge is 2.19. The molecule has 142 valence electrons. The number of aromatic nitrogens is 2. The lowest BCUT2D eigenvalue weighted by atomic mass is 9.97. The Labute approximate surface area is 161 Å². The number of aryl methyl sites for hydroxylation is 1. The number of carboxylic acids is 1. The van der Waals surface area contributed by atoms with Crippen LogP contribution in [0, 0.1) is 6.92 Å². The van der Waals surface area contributed by atoms with Crippen LogP contribution in [0.25, 0.3) is 11.1 Å². The van der Waals surface area contributed by atoms with E-state index in [2.05, 4.69) is 15.3 Å². The molecule has 0 spiro atoms. The third kappa shape index (κ3) is 4.32. The lowest BCUT2D eigenvalue weighted by Gasteiger charge is -2.12. The van der Waals surface area contributed by atoms with Gasteiger partial charge in [0.05, 0.1) is 5.69 Å². The van der Waals surface area contributed by atoms with Crippen molar-refractivity contribution < 1.29 is 19.8 Å². The number of aromatic hydroxyl groups is 1. The number of carbonyl (C=O) groups excluding carboxylic acids is 1. The molecule has 7 heteroatoms. The molecule has 0 fully saturated rings. The highest BCUT2D eigenvalue weighted by atomic mass is 16.4. The maximum atomic E-state index is 12.2. The van der Waals surface area contributed by atoms with E-state index in [4.69, 9.17) is 5.11 Å². The van der Waals surface area contributed by atoms with Gasteiger partial charge in [0.15, 0.2) is 11.4 Å². The molecular formula is C21H19N3O4. The summed E-state index contributed by atoms with van der Waals surface area (Å²) >= 11 is 0. The molecule has 1 aromatic heterocycles. The fourth-order valence-corrected chi connectivity index (χ4v) is 2.85. The summed E-state index contributed by atoms with van der Waals surface area (Å²) in [5, 5.41) is 21.0. The van der Waals surface area contributed by atoms with Crippen LogP contribution in [0.1, 0.15) is 27.6 Å². The second-order valence-corrected chi connectivity index (χ2v) is 6.20. The van der Waals surface area contributed by atoms with E-state index in [9.17, 15) is 14.7 Å². The van der Waals surface area contributed by atoms with E-state index in [1.165, 1.54) is 0 Å². The molecule has 0 saturated carbocycles. The number of hydrogen-bond donors (Lipinski definition) is 3. The smallest absolute Gasteiger partial charge is 0.322 e. The van der Waals surface area contributed by atoms with E-state index in [-0.39, 0.29) is 17.1 Å². The van der Waals surface area contributed by atoms with Crippen LogP contribution in [0.5, 0.6) is 5.75 Å².